The predicted molar refractivity (Wildman–Crippen MR) is 210 cm³/mol. The summed E-state index contributed by atoms with van der Waals surface area (Å²) in [7, 11) is 20.8. The monoisotopic (exact) mass is 632 g/mol. The Morgan fingerprint density at radius 3 is 1.64 bits per heavy atom. The molecule has 0 bridgehead atoms. The summed E-state index contributed by atoms with van der Waals surface area (Å²) >= 11 is 0. The molecule has 4 aromatic heterocycles. The minimum atomic E-state index is 0.0903. The first kappa shape index (κ1) is 28.7. The van der Waals surface area contributed by atoms with Crippen molar-refractivity contribution >= 4 is 117 Å². The molecule has 6 aromatic carbocycles. The number of terminal acetylenes is 1. The summed E-state index contributed by atoms with van der Waals surface area (Å²) in [4.78, 5) is 0. The number of hydrogen-bond acceptors (Lipinski definition) is 2. The van der Waals surface area contributed by atoms with E-state index in [4.69, 9.17) is 38.8 Å². The van der Waals surface area contributed by atoms with Crippen LogP contribution in [0.1, 0.15) is 0 Å². The van der Waals surface area contributed by atoms with Gasteiger partial charge in [-0.15, -0.1) is 6.42 Å². The normalized spacial score (nSPS) is 13.3. The van der Waals surface area contributed by atoms with Crippen LogP contribution in [-0.4, -0.2) is 32.7 Å². The van der Waals surface area contributed by atoms with Crippen molar-refractivity contribution < 1.29 is 8.83 Å². The van der Waals surface area contributed by atoms with Crippen LogP contribution in [0, 0.1) is 12.3 Å². The van der Waals surface area contributed by atoms with Crippen molar-refractivity contribution in [2.45, 2.75) is 6.54 Å². The lowest BCUT2D eigenvalue weighted by Gasteiger charge is -2.21. The van der Waals surface area contributed by atoms with Crippen molar-refractivity contribution in [3.63, 3.8) is 0 Å². The highest BCUT2D eigenvalue weighted by Gasteiger charge is 2.23. The number of furan rings is 2. The molecule has 10 aromatic rings. The molecule has 50 heavy (non-hydrogen) atoms. The molecule has 6 radical (unpaired) electrons. The van der Waals surface area contributed by atoms with E-state index in [-0.39, 0.29) is 17.5 Å². The van der Waals surface area contributed by atoms with Crippen molar-refractivity contribution in [1.82, 2.24) is 9.13 Å². The molecule has 0 amide bonds. The zero-order valence-corrected chi connectivity index (χ0v) is 26.8. The summed E-state index contributed by atoms with van der Waals surface area (Å²) in [6.07, 6.45) is 5.89. The second-order valence-corrected chi connectivity index (χ2v) is 12.7. The third-order valence-corrected chi connectivity index (χ3v) is 10.0. The van der Waals surface area contributed by atoms with E-state index in [0.717, 1.165) is 87.5 Å². The van der Waals surface area contributed by atoms with Crippen molar-refractivity contribution in [1.29, 1.82) is 0 Å². The average molecular weight is 632 g/mol. The molecule has 7 heteroatoms. The van der Waals surface area contributed by atoms with Crippen LogP contribution < -0.4 is 0 Å². The number of benzene rings is 6. The second kappa shape index (κ2) is 10.6. The number of fused-ring (bicyclic) bond motifs is 14. The smallest absolute Gasteiger partial charge is 0.160 e. The zero-order chi connectivity index (χ0) is 33.7. The SMILES string of the molecule is [B]/C(C#C)=C([B])/C(=C(/[B])Cn1c2ccccc2c2ccc3c4ccccc4oc3c21)n1c2ccccc2c2ccc3c4ccccc4oc3c21. The van der Waals surface area contributed by atoms with Gasteiger partial charge in [-0.2, -0.15) is 0 Å². The van der Waals surface area contributed by atoms with Gasteiger partial charge in [-0.3, -0.25) is 0 Å². The molecule has 10 rings (SSSR count). The first-order chi connectivity index (χ1) is 24.5. The molecule has 0 fully saturated rings. The van der Waals surface area contributed by atoms with Crippen LogP contribution in [0.2, 0.25) is 0 Å². The fourth-order valence-corrected chi connectivity index (χ4v) is 7.83. The standard InChI is InChI=1S/C43H23B3N2O2/c1-2-32(44)38(46)41(48-35-16-8-4-12-25(35)29-20-22-31-27-14-6-10-18-37(27)50-43(31)40(29)48)33(45)23-47-34-15-7-3-11-24(34)28-19-21-30-26-13-5-9-17-36(26)49-42(30)39(28)47/h1,3-22H,23H2/b38-32-,41-33-. The topological polar surface area (TPSA) is 36.1 Å². The maximum Gasteiger partial charge on any atom is 0.160 e. The molecule has 0 spiro atoms. The third kappa shape index (κ3) is 3.88. The van der Waals surface area contributed by atoms with E-state index >= 15 is 0 Å². The average Bonchev–Trinajstić information content (AvgIpc) is 3.90. The Kier molecular flexibility index (Phi) is 6.11. The molecule has 0 N–H and O–H groups in total. The summed E-state index contributed by atoms with van der Waals surface area (Å²) < 4.78 is 17.4. The fraction of sp³-hybridized carbons (Fsp3) is 0.0233. The Labute approximate surface area is 290 Å². The van der Waals surface area contributed by atoms with Crippen LogP contribution in [0.5, 0.6) is 0 Å². The number of aromatic nitrogens is 2. The van der Waals surface area contributed by atoms with Gasteiger partial charge in [-0.1, -0.05) is 107 Å². The molecule has 0 aliphatic heterocycles. The second-order valence-electron chi connectivity index (χ2n) is 12.7. The molecule has 0 atom stereocenters. The predicted octanol–water partition coefficient (Wildman–Crippen LogP) is 9.92. The van der Waals surface area contributed by atoms with Gasteiger partial charge in [0.2, 0.25) is 0 Å². The van der Waals surface area contributed by atoms with Crippen molar-refractivity contribution in [2.75, 3.05) is 0 Å². The van der Waals surface area contributed by atoms with E-state index in [2.05, 4.69) is 75.7 Å². The Morgan fingerprint density at radius 1 is 0.540 bits per heavy atom. The van der Waals surface area contributed by atoms with Crippen LogP contribution in [-0.2, 0) is 6.54 Å². The number of allylic oxidation sites excluding steroid dienone is 4. The van der Waals surface area contributed by atoms with Gasteiger partial charge in [0.25, 0.3) is 0 Å². The lowest BCUT2D eigenvalue weighted by atomic mass is 9.75. The first-order valence-electron chi connectivity index (χ1n) is 16.4. The maximum atomic E-state index is 7.33. The van der Waals surface area contributed by atoms with Crippen LogP contribution in [0.4, 0.5) is 0 Å². The van der Waals surface area contributed by atoms with E-state index in [0.29, 0.717) is 11.2 Å². The number of nitrogens with zero attached hydrogens (tertiary/aromatic N) is 2. The molecule has 0 saturated heterocycles. The maximum absolute atomic E-state index is 7.33. The van der Waals surface area contributed by atoms with Crippen LogP contribution in [0.25, 0.3) is 93.2 Å². The van der Waals surface area contributed by atoms with Gasteiger partial charge < -0.3 is 18.0 Å². The molecule has 0 unspecified atom stereocenters. The van der Waals surface area contributed by atoms with Gasteiger partial charge in [0.1, 0.15) is 34.7 Å². The minimum Gasteiger partial charge on any atom is -0.454 e. The van der Waals surface area contributed by atoms with E-state index in [9.17, 15) is 0 Å². The first-order valence-corrected chi connectivity index (χ1v) is 16.4. The molecule has 0 aliphatic rings. The molecule has 4 nitrogen and oxygen atoms in total. The lowest BCUT2D eigenvalue weighted by Crippen LogP contribution is -2.11. The molecule has 4 heterocycles. The summed E-state index contributed by atoms with van der Waals surface area (Å²) in [5.74, 6) is 2.56. The number of rotatable bonds is 4. The zero-order valence-electron chi connectivity index (χ0n) is 26.8. The summed E-state index contributed by atoms with van der Waals surface area (Å²) in [5, 5.41) is 8.25. The summed E-state index contributed by atoms with van der Waals surface area (Å²) in [6, 6.07) is 41.1. The Balaban J connectivity index is 1.34. The summed E-state index contributed by atoms with van der Waals surface area (Å²) in [5.41, 5.74) is 8.05. The van der Waals surface area contributed by atoms with E-state index < -0.39 is 0 Å². The van der Waals surface area contributed by atoms with Crippen molar-refractivity contribution in [3.8, 4) is 12.3 Å². The van der Waals surface area contributed by atoms with Crippen molar-refractivity contribution in [3.05, 3.63) is 138 Å². The number of hydrogen-bond donors (Lipinski definition) is 0. The highest BCUT2D eigenvalue weighted by atomic mass is 16.3. The number of para-hydroxylation sites is 4. The van der Waals surface area contributed by atoms with E-state index in [1.165, 1.54) is 0 Å². The van der Waals surface area contributed by atoms with Crippen LogP contribution >= 0.6 is 0 Å². The highest BCUT2D eigenvalue weighted by Crippen LogP contribution is 2.43. The third-order valence-electron chi connectivity index (χ3n) is 10.0. The molecule has 0 aliphatic carbocycles. The molecule has 0 saturated carbocycles. The van der Waals surface area contributed by atoms with Crippen molar-refractivity contribution in [2.24, 2.45) is 0 Å². The highest BCUT2D eigenvalue weighted by molar-refractivity contribution is 6.41. The molecular weight excluding hydrogens is 609 g/mol. The van der Waals surface area contributed by atoms with Crippen LogP contribution in [0.3, 0.4) is 0 Å². The largest absolute Gasteiger partial charge is 0.454 e. The molecular formula is C43H23B3N2O2. The Hall–Kier alpha value is -6.25. The van der Waals surface area contributed by atoms with Gasteiger partial charge in [0, 0.05) is 60.8 Å². The summed E-state index contributed by atoms with van der Waals surface area (Å²) in [6.45, 7) is 0.262. The quantitative estimate of drug-likeness (QED) is 0.110. The fourth-order valence-electron chi connectivity index (χ4n) is 7.83. The Bertz CT molecular complexity index is 3180. The van der Waals surface area contributed by atoms with Crippen LogP contribution in [0.15, 0.2) is 147 Å². The van der Waals surface area contributed by atoms with E-state index in [1.807, 2.05) is 60.7 Å². The van der Waals surface area contributed by atoms with Gasteiger partial charge in [0.05, 0.1) is 16.6 Å². The van der Waals surface area contributed by atoms with Gasteiger partial charge in [-0.05, 0) is 36.4 Å². The lowest BCUT2D eigenvalue weighted by molar-refractivity contribution is 0.669. The minimum absolute atomic E-state index is 0.0903. The van der Waals surface area contributed by atoms with Gasteiger partial charge in [0.15, 0.2) is 11.2 Å². The van der Waals surface area contributed by atoms with Gasteiger partial charge in [-0.25, -0.2) is 0 Å². The molecule has 226 valence electrons. The van der Waals surface area contributed by atoms with E-state index in [1.54, 1.807) is 0 Å². The van der Waals surface area contributed by atoms with Gasteiger partial charge >= 0.3 is 0 Å². The Morgan fingerprint density at radius 2 is 1.02 bits per heavy atom.